The maximum absolute atomic E-state index is 11.6. The van der Waals surface area contributed by atoms with E-state index in [4.69, 9.17) is 10.5 Å². The summed E-state index contributed by atoms with van der Waals surface area (Å²) in [6, 6.07) is 1.26. The van der Waals surface area contributed by atoms with Crippen LogP contribution in [0.5, 0.6) is 0 Å². The van der Waals surface area contributed by atoms with Gasteiger partial charge in [0.1, 0.15) is 10.1 Å². The van der Waals surface area contributed by atoms with Gasteiger partial charge in [-0.3, -0.25) is 4.79 Å². The molecule has 86 valence electrons. The number of carbonyl (C=O) groups excluding carboxylic acids is 1. The van der Waals surface area contributed by atoms with Gasteiger partial charge >= 0.3 is 0 Å². The number of ether oxygens (including phenoxy) is 1. The molecule has 1 atom stereocenters. The molecule has 0 saturated carbocycles. The molecule has 0 bridgehead atoms. The molecule has 0 saturated heterocycles. The number of aromatic nitrogens is 1. The molecule has 0 aliphatic rings. The number of methoxy groups -OCH3 is 1. The Balaban J connectivity index is 2.04. The van der Waals surface area contributed by atoms with Gasteiger partial charge in [0.15, 0.2) is 5.13 Å². The fourth-order valence-electron chi connectivity index (χ4n) is 1.17. The van der Waals surface area contributed by atoms with Crippen molar-refractivity contribution in [2.75, 3.05) is 19.0 Å². The second kappa shape index (κ2) is 4.88. The smallest absolute Gasteiger partial charge is 0.245 e. The van der Waals surface area contributed by atoms with Crippen LogP contribution in [0.1, 0.15) is 0 Å². The van der Waals surface area contributed by atoms with E-state index >= 15 is 0 Å². The fourth-order valence-corrected chi connectivity index (χ4v) is 3.02. The zero-order chi connectivity index (χ0) is 11.5. The van der Waals surface area contributed by atoms with E-state index in [-0.39, 0.29) is 12.5 Å². The number of hydrogen-bond donors (Lipinski definition) is 2. The number of fused-ring (bicyclic) bond motifs is 1. The Morgan fingerprint density at radius 1 is 1.75 bits per heavy atom. The lowest BCUT2D eigenvalue weighted by Crippen LogP contribution is -2.39. The van der Waals surface area contributed by atoms with Crippen LogP contribution in [0.3, 0.4) is 0 Å². The lowest BCUT2D eigenvalue weighted by molar-refractivity contribution is -0.118. The van der Waals surface area contributed by atoms with Gasteiger partial charge in [0, 0.05) is 7.11 Å². The summed E-state index contributed by atoms with van der Waals surface area (Å²) in [6.45, 7) is 0.200. The van der Waals surface area contributed by atoms with Gasteiger partial charge in [0.05, 0.1) is 12.1 Å². The fraction of sp³-hybridized carbons (Fsp3) is 0.333. The van der Waals surface area contributed by atoms with E-state index in [1.54, 1.807) is 11.3 Å². The number of rotatable bonds is 4. The van der Waals surface area contributed by atoms with Gasteiger partial charge in [-0.25, -0.2) is 4.98 Å². The summed E-state index contributed by atoms with van der Waals surface area (Å²) < 4.78 is 5.90. The normalized spacial score (nSPS) is 12.9. The molecule has 0 fully saturated rings. The lowest BCUT2D eigenvalue weighted by Gasteiger charge is -2.08. The van der Waals surface area contributed by atoms with Crippen molar-refractivity contribution < 1.29 is 9.53 Å². The molecule has 16 heavy (non-hydrogen) atoms. The largest absolute Gasteiger partial charge is 0.383 e. The van der Waals surface area contributed by atoms with Crippen LogP contribution in [-0.2, 0) is 9.53 Å². The molecule has 3 N–H and O–H groups in total. The number of nitrogens with one attached hydrogen (secondary N) is 1. The second-order valence-electron chi connectivity index (χ2n) is 3.16. The summed E-state index contributed by atoms with van der Waals surface area (Å²) >= 11 is 3.05. The quantitative estimate of drug-likeness (QED) is 0.864. The van der Waals surface area contributed by atoms with Gasteiger partial charge in [0.2, 0.25) is 5.91 Å². The van der Waals surface area contributed by atoms with Crippen LogP contribution in [0.25, 0.3) is 9.53 Å². The predicted octanol–water partition coefficient (Wildman–Crippen LogP) is 1.27. The van der Waals surface area contributed by atoms with Crippen LogP contribution in [0.2, 0.25) is 0 Å². The average Bonchev–Trinajstić information content (AvgIpc) is 2.78. The predicted molar refractivity (Wildman–Crippen MR) is 66.0 cm³/mol. The Bertz CT molecular complexity index is 465. The number of anilines is 1. The Kier molecular flexibility index (Phi) is 3.49. The van der Waals surface area contributed by atoms with Crippen molar-refractivity contribution in [3.8, 4) is 0 Å². The van der Waals surface area contributed by atoms with E-state index in [9.17, 15) is 4.79 Å². The van der Waals surface area contributed by atoms with E-state index in [2.05, 4.69) is 10.3 Å². The highest BCUT2D eigenvalue weighted by Crippen LogP contribution is 2.30. The van der Waals surface area contributed by atoms with Crippen molar-refractivity contribution >= 4 is 43.2 Å². The van der Waals surface area contributed by atoms with Crippen molar-refractivity contribution in [3.63, 3.8) is 0 Å². The standard InChI is InChI=1S/C9H11N3O2S2/c1-14-4-5(10)7(13)12-9-11-6-2-3-15-8(6)16-9/h2-3,5H,4,10H2,1H3,(H,11,12,13). The molecule has 0 aliphatic heterocycles. The summed E-state index contributed by atoms with van der Waals surface area (Å²) in [6.07, 6.45) is 0. The molecule has 0 spiro atoms. The minimum Gasteiger partial charge on any atom is -0.383 e. The number of carbonyl (C=O) groups is 1. The molecule has 2 aromatic heterocycles. The molecular weight excluding hydrogens is 246 g/mol. The number of amides is 1. The molecule has 5 nitrogen and oxygen atoms in total. The number of thiophene rings is 1. The Labute approximate surface area is 100 Å². The molecule has 0 radical (unpaired) electrons. The van der Waals surface area contributed by atoms with Crippen molar-refractivity contribution in [1.82, 2.24) is 4.98 Å². The van der Waals surface area contributed by atoms with Crippen molar-refractivity contribution in [2.24, 2.45) is 5.73 Å². The van der Waals surface area contributed by atoms with Crippen molar-refractivity contribution in [2.45, 2.75) is 6.04 Å². The van der Waals surface area contributed by atoms with Gasteiger partial charge in [-0.15, -0.1) is 11.3 Å². The van der Waals surface area contributed by atoms with Crippen molar-refractivity contribution in [3.05, 3.63) is 11.4 Å². The van der Waals surface area contributed by atoms with Crippen molar-refractivity contribution in [1.29, 1.82) is 0 Å². The zero-order valence-electron chi connectivity index (χ0n) is 8.60. The number of thiazole rings is 1. The molecule has 2 heterocycles. The highest BCUT2D eigenvalue weighted by Gasteiger charge is 2.15. The minimum absolute atomic E-state index is 0.200. The molecule has 0 aliphatic carbocycles. The summed E-state index contributed by atoms with van der Waals surface area (Å²) in [4.78, 5) is 15.8. The molecule has 1 amide bonds. The number of nitrogens with two attached hydrogens (primary N) is 1. The SMILES string of the molecule is COCC(N)C(=O)Nc1nc2ccsc2s1. The van der Waals surface area contributed by atoms with Crippen LogP contribution in [0.4, 0.5) is 5.13 Å². The Hall–Kier alpha value is -1.02. The van der Waals surface area contributed by atoms with Gasteiger partial charge in [0.25, 0.3) is 0 Å². The molecule has 7 heteroatoms. The average molecular weight is 257 g/mol. The van der Waals surface area contributed by atoms with E-state index in [0.29, 0.717) is 5.13 Å². The molecule has 0 aromatic carbocycles. The summed E-state index contributed by atoms with van der Waals surface area (Å²) in [5.41, 5.74) is 6.50. The van der Waals surface area contributed by atoms with Gasteiger partial charge in [-0.2, -0.15) is 0 Å². The Morgan fingerprint density at radius 2 is 2.56 bits per heavy atom. The minimum atomic E-state index is -0.660. The highest BCUT2D eigenvalue weighted by molar-refractivity contribution is 7.39. The van der Waals surface area contributed by atoms with E-state index in [0.717, 1.165) is 9.53 Å². The number of hydrogen-bond acceptors (Lipinski definition) is 6. The van der Waals surface area contributed by atoms with Crippen LogP contribution >= 0.6 is 22.7 Å². The topological polar surface area (TPSA) is 77.2 Å². The zero-order valence-corrected chi connectivity index (χ0v) is 10.2. The van der Waals surface area contributed by atoms with E-state index in [1.165, 1.54) is 18.4 Å². The summed E-state index contributed by atoms with van der Waals surface area (Å²) in [7, 11) is 1.51. The van der Waals surface area contributed by atoms with Crippen LogP contribution in [0, 0.1) is 0 Å². The highest BCUT2D eigenvalue weighted by atomic mass is 32.2. The first-order valence-corrected chi connectivity index (χ1v) is 6.29. The van der Waals surface area contributed by atoms with Gasteiger partial charge < -0.3 is 15.8 Å². The maximum atomic E-state index is 11.6. The first kappa shape index (κ1) is 11.5. The third-order valence-electron chi connectivity index (χ3n) is 1.93. The molecular formula is C9H11N3O2S2. The van der Waals surface area contributed by atoms with E-state index in [1.807, 2.05) is 11.4 Å². The first-order valence-electron chi connectivity index (χ1n) is 4.60. The van der Waals surface area contributed by atoms with Crippen LogP contribution in [0.15, 0.2) is 11.4 Å². The molecule has 2 rings (SSSR count). The first-order chi connectivity index (χ1) is 7.70. The summed E-state index contributed by atoms with van der Waals surface area (Å²) in [5.74, 6) is -0.275. The molecule has 2 aromatic rings. The van der Waals surface area contributed by atoms with E-state index < -0.39 is 6.04 Å². The van der Waals surface area contributed by atoms with Crippen LogP contribution in [-0.4, -0.2) is 30.6 Å². The second-order valence-corrected chi connectivity index (χ2v) is 5.34. The summed E-state index contributed by atoms with van der Waals surface area (Å²) in [5, 5.41) is 5.22. The van der Waals surface area contributed by atoms with Gasteiger partial charge in [-0.05, 0) is 11.4 Å². The third kappa shape index (κ3) is 2.38. The third-order valence-corrected chi connectivity index (χ3v) is 3.95. The van der Waals surface area contributed by atoms with Crippen LogP contribution < -0.4 is 11.1 Å². The molecule has 1 unspecified atom stereocenters. The lowest BCUT2D eigenvalue weighted by atomic mass is 10.3. The maximum Gasteiger partial charge on any atom is 0.245 e. The monoisotopic (exact) mass is 257 g/mol. The number of nitrogens with zero attached hydrogens (tertiary/aromatic N) is 1. The van der Waals surface area contributed by atoms with Gasteiger partial charge in [-0.1, -0.05) is 11.3 Å². The Morgan fingerprint density at radius 3 is 3.25 bits per heavy atom.